The summed E-state index contributed by atoms with van der Waals surface area (Å²) in [6.07, 6.45) is 1.72. The third-order valence-corrected chi connectivity index (χ3v) is 7.20. The minimum Gasteiger partial charge on any atom is -0.392 e. The highest BCUT2D eigenvalue weighted by atomic mass is 79.9. The van der Waals surface area contributed by atoms with Crippen LogP contribution < -0.4 is 4.72 Å². The van der Waals surface area contributed by atoms with E-state index >= 15 is 0 Å². The Morgan fingerprint density at radius 3 is 2.65 bits per heavy atom. The second-order valence-electron chi connectivity index (χ2n) is 4.89. The van der Waals surface area contributed by atoms with Crippen LogP contribution in [-0.4, -0.2) is 31.1 Å². The zero-order valence-electron chi connectivity index (χ0n) is 11.2. The average Bonchev–Trinajstić information content (AvgIpc) is 2.42. The van der Waals surface area contributed by atoms with Gasteiger partial charge >= 0.3 is 0 Å². The summed E-state index contributed by atoms with van der Waals surface area (Å²) in [7, 11) is -3.56. The van der Waals surface area contributed by atoms with Gasteiger partial charge in [-0.15, -0.1) is 0 Å². The first-order chi connectivity index (χ1) is 9.44. The molecule has 1 saturated heterocycles. The second-order valence-corrected chi connectivity index (χ2v) is 8.59. The van der Waals surface area contributed by atoms with Crippen LogP contribution in [0.5, 0.6) is 0 Å². The van der Waals surface area contributed by atoms with Crippen LogP contribution >= 0.6 is 27.7 Å². The van der Waals surface area contributed by atoms with Crippen LogP contribution in [0.25, 0.3) is 0 Å². The van der Waals surface area contributed by atoms with Gasteiger partial charge in [0.1, 0.15) is 0 Å². The molecule has 7 heteroatoms. The molecule has 112 valence electrons. The summed E-state index contributed by atoms with van der Waals surface area (Å²) in [5, 5.41) is 9.23. The minimum atomic E-state index is -3.56. The van der Waals surface area contributed by atoms with E-state index in [2.05, 4.69) is 20.7 Å². The van der Waals surface area contributed by atoms with E-state index in [0.717, 1.165) is 29.9 Å². The lowest BCUT2D eigenvalue weighted by Crippen LogP contribution is -2.37. The van der Waals surface area contributed by atoms with E-state index in [9.17, 15) is 13.5 Å². The lowest BCUT2D eigenvalue weighted by atomic mass is 10.1. The maximum absolute atomic E-state index is 12.5. The fraction of sp³-hybridized carbons (Fsp3) is 0.538. The van der Waals surface area contributed by atoms with E-state index in [4.69, 9.17) is 0 Å². The largest absolute Gasteiger partial charge is 0.392 e. The Balaban J connectivity index is 2.30. The number of thioether (sulfide) groups is 1. The number of aryl methyl sites for hydroxylation is 1. The van der Waals surface area contributed by atoms with Crippen LogP contribution in [0.3, 0.4) is 0 Å². The molecular formula is C13H18BrNO3S2. The molecule has 1 aliphatic heterocycles. The van der Waals surface area contributed by atoms with Crippen LogP contribution in [0, 0.1) is 6.92 Å². The topological polar surface area (TPSA) is 66.4 Å². The van der Waals surface area contributed by atoms with Gasteiger partial charge in [-0.25, -0.2) is 13.1 Å². The van der Waals surface area contributed by atoms with Crippen LogP contribution in [0.2, 0.25) is 0 Å². The summed E-state index contributed by atoms with van der Waals surface area (Å²) in [6, 6.07) is 3.31. The number of halogens is 1. The Hall–Kier alpha value is -0.0800. The number of aliphatic hydroxyl groups excluding tert-OH is 1. The number of benzene rings is 1. The van der Waals surface area contributed by atoms with Crippen molar-refractivity contribution in [2.75, 3.05) is 11.5 Å². The van der Waals surface area contributed by atoms with Gasteiger partial charge in [0.05, 0.1) is 11.5 Å². The van der Waals surface area contributed by atoms with Gasteiger partial charge in [-0.2, -0.15) is 11.8 Å². The molecule has 0 radical (unpaired) electrons. The van der Waals surface area contributed by atoms with Crippen molar-refractivity contribution in [3.05, 3.63) is 27.7 Å². The molecule has 0 spiro atoms. The predicted octanol–water partition coefficient (Wildman–Crippen LogP) is 2.42. The van der Waals surface area contributed by atoms with Crippen LogP contribution in [0.4, 0.5) is 0 Å². The number of aliphatic hydroxyl groups is 1. The predicted molar refractivity (Wildman–Crippen MR) is 85.5 cm³/mol. The zero-order valence-corrected chi connectivity index (χ0v) is 14.4. The minimum absolute atomic E-state index is 0.00578. The molecule has 1 fully saturated rings. The second kappa shape index (κ2) is 6.79. The zero-order chi connectivity index (χ0) is 14.8. The molecule has 2 rings (SSSR count). The van der Waals surface area contributed by atoms with Crippen molar-refractivity contribution in [2.45, 2.75) is 37.3 Å². The molecule has 0 bridgehead atoms. The number of rotatable bonds is 4. The highest BCUT2D eigenvalue weighted by Crippen LogP contribution is 2.28. The molecule has 0 saturated carbocycles. The van der Waals surface area contributed by atoms with Crippen molar-refractivity contribution < 1.29 is 13.5 Å². The summed E-state index contributed by atoms with van der Waals surface area (Å²) in [5.74, 6) is 1.98. The quantitative estimate of drug-likeness (QED) is 0.842. The third kappa shape index (κ3) is 3.76. The van der Waals surface area contributed by atoms with Crippen LogP contribution in [0.1, 0.15) is 24.0 Å². The molecular weight excluding hydrogens is 362 g/mol. The van der Waals surface area contributed by atoms with Gasteiger partial charge in [0.15, 0.2) is 0 Å². The molecule has 0 aliphatic carbocycles. The molecule has 1 aliphatic rings. The molecule has 2 N–H and O–H groups in total. The molecule has 0 unspecified atom stereocenters. The first kappa shape index (κ1) is 16.3. The van der Waals surface area contributed by atoms with Gasteiger partial charge in [0.2, 0.25) is 10.0 Å². The molecule has 0 aromatic heterocycles. The SMILES string of the molecule is Cc1cc(CO)cc(S(=O)(=O)NC2CCSCC2)c1Br. The van der Waals surface area contributed by atoms with Gasteiger partial charge in [-0.3, -0.25) is 0 Å². The molecule has 1 heterocycles. The maximum atomic E-state index is 12.5. The fourth-order valence-electron chi connectivity index (χ4n) is 2.19. The fourth-order valence-corrected chi connectivity index (χ4v) is 5.67. The molecule has 1 aromatic carbocycles. The molecule has 0 atom stereocenters. The van der Waals surface area contributed by atoms with Gasteiger partial charge in [0.25, 0.3) is 0 Å². The van der Waals surface area contributed by atoms with Gasteiger partial charge in [-0.05, 0) is 64.4 Å². The van der Waals surface area contributed by atoms with Crippen LogP contribution in [-0.2, 0) is 16.6 Å². The van der Waals surface area contributed by atoms with E-state index in [0.29, 0.717) is 10.0 Å². The van der Waals surface area contributed by atoms with E-state index in [-0.39, 0.29) is 17.5 Å². The summed E-state index contributed by atoms with van der Waals surface area (Å²) in [6.45, 7) is 1.65. The Kier molecular flexibility index (Phi) is 5.53. The molecule has 4 nitrogen and oxygen atoms in total. The van der Waals surface area contributed by atoms with Crippen molar-refractivity contribution in [1.82, 2.24) is 4.72 Å². The average molecular weight is 380 g/mol. The van der Waals surface area contributed by atoms with Crippen molar-refractivity contribution in [3.8, 4) is 0 Å². The van der Waals surface area contributed by atoms with E-state index < -0.39 is 10.0 Å². The summed E-state index contributed by atoms with van der Waals surface area (Å²) >= 11 is 5.19. The van der Waals surface area contributed by atoms with Crippen molar-refractivity contribution in [2.24, 2.45) is 0 Å². The summed E-state index contributed by atoms with van der Waals surface area (Å²) in [4.78, 5) is 0.208. The maximum Gasteiger partial charge on any atom is 0.241 e. The standard InChI is InChI=1S/C13H18BrNO3S2/c1-9-6-10(8-16)7-12(13(9)14)20(17,18)15-11-2-4-19-5-3-11/h6-7,11,15-16H,2-5,8H2,1H3. The first-order valence-corrected chi connectivity index (χ1v) is 9.87. The number of hydrogen-bond acceptors (Lipinski definition) is 4. The highest BCUT2D eigenvalue weighted by Gasteiger charge is 2.24. The monoisotopic (exact) mass is 379 g/mol. The smallest absolute Gasteiger partial charge is 0.241 e. The van der Waals surface area contributed by atoms with E-state index in [1.165, 1.54) is 6.07 Å². The molecule has 20 heavy (non-hydrogen) atoms. The van der Waals surface area contributed by atoms with E-state index in [1.54, 1.807) is 6.07 Å². The Bertz CT molecular complexity index is 584. The van der Waals surface area contributed by atoms with Gasteiger partial charge < -0.3 is 5.11 Å². The van der Waals surface area contributed by atoms with Crippen molar-refractivity contribution >= 4 is 37.7 Å². The van der Waals surface area contributed by atoms with Crippen molar-refractivity contribution in [3.63, 3.8) is 0 Å². The molecule has 0 amide bonds. The normalized spacial score (nSPS) is 17.4. The number of nitrogens with one attached hydrogen (secondary N) is 1. The summed E-state index contributed by atoms with van der Waals surface area (Å²) in [5.41, 5.74) is 1.40. The lowest BCUT2D eigenvalue weighted by Gasteiger charge is -2.23. The lowest BCUT2D eigenvalue weighted by molar-refractivity contribution is 0.281. The Morgan fingerprint density at radius 1 is 1.40 bits per heavy atom. The molecule has 1 aromatic rings. The summed E-state index contributed by atoms with van der Waals surface area (Å²) < 4.78 is 28.4. The Labute approximate surface area is 132 Å². The first-order valence-electron chi connectivity index (χ1n) is 6.44. The van der Waals surface area contributed by atoms with E-state index in [1.807, 2.05) is 18.7 Å². The number of sulfonamides is 1. The van der Waals surface area contributed by atoms with Crippen LogP contribution in [0.15, 0.2) is 21.5 Å². The number of hydrogen-bond donors (Lipinski definition) is 2. The van der Waals surface area contributed by atoms with Crippen molar-refractivity contribution in [1.29, 1.82) is 0 Å². The van der Waals surface area contributed by atoms with Gasteiger partial charge in [0, 0.05) is 10.5 Å². The third-order valence-electron chi connectivity index (χ3n) is 3.30. The highest BCUT2D eigenvalue weighted by molar-refractivity contribution is 9.10. The Morgan fingerprint density at radius 2 is 2.05 bits per heavy atom. The van der Waals surface area contributed by atoms with Gasteiger partial charge in [-0.1, -0.05) is 6.07 Å².